The lowest BCUT2D eigenvalue weighted by Crippen LogP contribution is -2.46. The van der Waals surface area contributed by atoms with Crippen molar-refractivity contribution < 1.29 is 4.74 Å². The number of imidazole rings is 1. The largest absolute Gasteiger partial charge is 0.382 e. The molecule has 1 saturated heterocycles. The predicted molar refractivity (Wildman–Crippen MR) is 76.2 cm³/mol. The van der Waals surface area contributed by atoms with Gasteiger partial charge in [0.2, 0.25) is 0 Å². The van der Waals surface area contributed by atoms with Gasteiger partial charge in [-0.15, -0.1) is 0 Å². The number of fused-ring (bicyclic) bond motifs is 1. The van der Waals surface area contributed by atoms with Gasteiger partial charge in [-0.05, 0) is 13.8 Å². The number of aromatic nitrogens is 4. The van der Waals surface area contributed by atoms with Crippen molar-refractivity contribution in [2.75, 3.05) is 25.4 Å². The summed E-state index contributed by atoms with van der Waals surface area (Å²) in [6, 6.07) is 0. The van der Waals surface area contributed by atoms with Crippen molar-refractivity contribution in [3.63, 3.8) is 0 Å². The van der Waals surface area contributed by atoms with Crippen LogP contribution in [-0.4, -0.2) is 56.3 Å². The fraction of sp³-hybridized carbons (Fsp3) is 0.615. The Hall–Kier alpha value is -1.73. The Morgan fingerprint density at radius 1 is 1.20 bits per heavy atom. The minimum absolute atomic E-state index is 0.288. The van der Waals surface area contributed by atoms with E-state index >= 15 is 0 Å². The maximum Gasteiger partial charge on any atom is 0.165 e. The molecule has 108 valence electrons. The van der Waals surface area contributed by atoms with Gasteiger partial charge in [0.25, 0.3) is 0 Å². The van der Waals surface area contributed by atoms with Gasteiger partial charge in [0.1, 0.15) is 11.8 Å². The van der Waals surface area contributed by atoms with Crippen molar-refractivity contribution in [2.24, 2.45) is 0 Å². The maximum atomic E-state index is 5.79. The van der Waals surface area contributed by atoms with E-state index in [2.05, 4.69) is 33.7 Å². The number of hydrogen-bond acceptors (Lipinski definition) is 6. The molecule has 0 aromatic carbocycles. The molecule has 1 fully saturated rings. The first kappa shape index (κ1) is 13.3. The van der Waals surface area contributed by atoms with Crippen molar-refractivity contribution in [1.82, 2.24) is 24.4 Å². The molecule has 3 heterocycles. The molecule has 7 nitrogen and oxygen atoms in total. The minimum atomic E-state index is 0.288. The molecule has 0 aliphatic carbocycles. The van der Waals surface area contributed by atoms with Crippen LogP contribution < -0.4 is 5.73 Å². The molecule has 0 amide bonds. The molecular weight excluding hydrogens is 256 g/mol. The van der Waals surface area contributed by atoms with Crippen molar-refractivity contribution in [1.29, 1.82) is 0 Å². The monoisotopic (exact) mass is 276 g/mol. The molecule has 0 bridgehead atoms. The standard InChI is InChI=1S/C13H20N6O/c1-9-5-18(6-10(2)20-9)3-4-19-8-17-11-12(14)15-7-16-13(11)19/h7-10H,3-6H2,1-2H3,(H2,14,15,16)/t9-,10-/m0/s1. The highest BCUT2D eigenvalue weighted by atomic mass is 16.5. The average molecular weight is 276 g/mol. The van der Waals surface area contributed by atoms with Crippen molar-refractivity contribution in [3.05, 3.63) is 12.7 Å². The molecule has 0 spiro atoms. The number of hydrogen-bond donors (Lipinski definition) is 1. The molecule has 1 aliphatic heterocycles. The van der Waals surface area contributed by atoms with Crippen molar-refractivity contribution in [3.8, 4) is 0 Å². The summed E-state index contributed by atoms with van der Waals surface area (Å²) in [7, 11) is 0. The van der Waals surface area contributed by atoms with E-state index in [4.69, 9.17) is 10.5 Å². The third-order valence-corrected chi connectivity index (χ3v) is 3.58. The van der Waals surface area contributed by atoms with Crippen LogP contribution in [0.15, 0.2) is 12.7 Å². The topological polar surface area (TPSA) is 82.1 Å². The highest BCUT2D eigenvalue weighted by Crippen LogP contribution is 2.15. The number of nitrogen functional groups attached to an aromatic ring is 1. The quantitative estimate of drug-likeness (QED) is 0.880. The van der Waals surface area contributed by atoms with Gasteiger partial charge in [0.05, 0.1) is 18.5 Å². The third kappa shape index (κ3) is 2.59. The smallest absolute Gasteiger partial charge is 0.165 e. The van der Waals surface area contributed by atoms with Gasteiger partial charge in [0.15, 0.2) is 11.5 Å². The lowest BCUT2D eigenvalue weighted by atomic mass is 10.2. The lowest BCUT2D eigenvalue weighted by molar-refractivity contribution is -0.0685. The molecule has 20 heavy (non-hydrogen) atoms. The van der Waals surface area contributed by atoms with E-state index in [0.29, 0.717) is 11.3 Å². The maximum absolute atomic E-state index is 5.79. The number of nitrogens with zero attached hydrogens (tertiary/aromatic N) is 5. The van der Waals surface area contributed by atoms with E-state index in [1.807, 2.05) is 4.57 Å². The second-order valence-electron chi connectivity index (χ2n) is 5.39. The minimum Gasteiger partial charge on any atom is -0.382 e. The van der Waals surface area contributed by atoms with Crippen LogP contribution in [0.4, 0.5) is 5.82 Å². The van der Waals surface area contributed by atoms with Gasteiger partial charge in [-0.3, -0.25) is 4.90 Å². The highest BCUT2D eigenvalue weighted by molar-refractivity contribution is 5.80. The van der Waals surface area contributed by atoms with Gasteiger partial charge in [-0.2, -0.15) is 0 Å². The number of rotatable bonds is 3. The first-order valence-electron chi connectivity index (χ1n) is 6.92. The molecule has 2 N–H and O–H groups in total. The van der Waals surface area contributed by atoms with Crippen LogP contribution in [0.25, 0.3) is 11.2 Å². The molecule has 7 heteroatoms. The first-order chi connectivity index (χ1) is 9.63. The number of ether oxygens (including phenoxy) is 1. The summed E-state index contributed by atoms with van der Waals surface area (Å²) >= 11 is 0. The van der Waals surface area contributed by atoms with E-state index in [0.717, 1.165) is 31.8 Å². The molecule has 3 rings (SSSR count). The highest BCUT2D eigenvalue weighted by Gasteiger charge is 2.21. The summed E-state index contributed by atoms with van der Waals surface area (Å²) < 4.78 is 7.77. The number of morpholine rings is 1. The normalized spacial score (nSPS) is 24.3. The summed E-state index contributed by atoms with van der Waals surface area (Å²) in [6.45, 7) is 7.95. The zero-order valence-electron chi connectivity index (χ0n) is 11.9. The summed E-state index contributed by atoms with van der Waals surface area (Å²) in [5.41, 5.74) is 7.27. The fourth-order valence-corrected chi connectivity index (χ4v) is 2.78. The number of nitrogens with two attached hydrogens (primary N) is 1. The van der Waals surface area contributed by atoms with Crippen LogP contribution in [-0.2, 0) is 11.3 Å². The molecule has 2 aromatic rings. The van der Waals surface area contributed by atoms with E-state index in [9.17, 15) is 0 Å². The summed E-state index contributed by atoms with van der Waals surface area (Å²) in [5, 5.41) is 0. The van der Waals surface area contributed by atoms with Crippen LogP contribution in [0.1, 0.15) is 13.8 Å². The van der Waals surface area contributed by atoms with Gasteiger partial charge >= 0.3 is 0 Å². The zero-order chi connectivity index (χ0) is 14.1. The van der Waals surface area contributed by atoms with E-state index in [-0.39, 0.29) is 12.2 Å². The summed E-state index contributed by atoms with van der Waals surface area (Å²) in [4.78, 5) is 14.9. The Balaban J connectivity index is 1.69. The van der Waals surface area contributed by atoms with Crippen LogP contribution in [0.3, 0.4) is 0 Å². The van der Waals surface area contributed by atoms with Crippen LogP contribution >= 0.6 is 0 Å². The van der Waals surface area contributed by atoms with Crippen LogP contribution in [0.5, 0.6) is 0 Å². The lowest BCUT2D eigenvalue weighted by Gasteiger charge is -2.35. The molecule has 0 radical (unpaired) electrons. The fourth-order valence-electron chi connectivity index (χ4n) is 2.78. The first-order valence-corrected chi connectivity index (χ1v) is 6.92. The zero-order valence-corrected chi connectivity index (χ0v) is 11.9. The molecule has 1 aliphatic rings. The molecule has 0 unspecified atom stereocenters. The summed E-state index contributed by atoms with van der Waals surface area (Å²) in [6.07, 6.45) is 3.84. The molecule has 2 atom stereocenters. The van der Waals surface area contributed by atoms with Gasteiger partial charge in [-0.25, -0.2) is 15.0 Å². The second kappa shape index (κ2) is 5.34. The predicted octanol–water partition coefficient (Wildman–Crippen LogP) is 0.518. The Kier molecular flexibility index (Phi) is 3.54. The average Bonchev–Trinajstić information content (AvgIpc) is 2.80. The third-order valence-electron chi connectivity index (χ3n) is 3.58. The van der Waals surface area contributed by atoms with Crippen LogP contribution in [0.2, 0.25) is 0 Å². The molecule has 2 aromatic heterocycles. The molecule has 0 saturated carbocycles. The Bertz CT molecular complexity index is 588. The number of anilines is 1. The Morgan fingerprint density at radius 3 is 2.70 bits per heavy atom. The summed E-state index contributed by atoms with van der Waals surface area (Å²) in [5.74, 6) is 0.433. The molecular formula is C13H20N6O. The van der Waals surface area contributed by atoms with E-state index in [1.165, 1.54) is 6.33 Å². The van der Waals surface area contributed by atoms with E-state index in [1.54, 1.807) is 6.33 Å². The second-order valence-corrected chi connectivity index (χ2v) is 5.39. The van der Waals surface area contributed by atoms with E-state index < -0.39 is 0 Å². The SMILES string of the molecule is C[C@H]1CN(CCn2cnc3c(N)ncnc32)C[C@H](C)O1. The van der Waals surface area contributed by atoms with Gasteiger partial charge < -0.3 is 15.0 Å². The van der Waals surface area contributed by atoms with Crippen molar-refractivity contribution >= 4 is 17.0 Å². The van der Waals surface area contributed by atoms with Gasteiger partial charge in [0, 0.05) is 26.2 Å². The van der Waals surface area contributed by atoms with Crippen LogP contribution in [0, 0.1) is 0 Å². The Labute approximate surface area is 117 Å². The van der Waals surface area contributed by atoms with Crippen molar-refractivity contribution in [2.45, 2.75) is 32.6 Å². The van der Waals surface area contributed by atoms with Gasteiger partial charge in [-0.1, -0.05) is 0 Å². The Morgan fingerprint density at radius 2 is 1.95 bits per heavy atom.